The lowest BCUT2D eigenvalue weighted by atomic mass is 10.1. The van der Waals surface area contributed by atoms with Gasteiger partial charge in [-0.1, -0.05) is 43.1 Å². The normalized spacial score (nSPS) is 9.80. The molecule has 0 aliphatic carbocycles. The Morgan fingerprint density at radius 2 is 2.00 bits per heavy atom. The molecule has 0 radical (unpaired) electrons. The minimum Gasteiger partial charge on any atom is -0.0840 e. The van der Waals surface area contributed by atoms with Crippen molar-refractivity contribution in [3.8, 4) is 0 Å². The van der Waals surface area contributed by atoms with Crippen LogP contribution >= 0.6 is 11.6 Å². The van der Waals surface area contributed by atoms with Gasteiger partial charge in [-0.15, -0.1) is 0 Å². The molecule has 1 aromatic carbocycles. The monoisotopic (exact) mass is 154 g/mol. The molecule has 0 saturated heterocycles. The predicted molar refractivity (Wildman–Crippen MR) is 45.4 cm³/mol. The molecule has 0 aliphatic rings. The van der Waals surface area contributed by atoms with E-state index in [2.05, 4.69) is 13.0 Å². The number of benzene rings is 1. The summed E-state index contributed by atoms with van der Waals surface area (Å²) >= 11 is 5.90. The molecule has 54 valence electrons. The fourth-order valence-corrected chi connectivity index (χ4v) is 1.20. The third-order valence-electron chi connectivity index (χ3n) is 1.48. The maximum atomic E-state index is 5.90. The van der Waals surface area contributed by atoms with Crippen LogP contribution in [0.4, 0.5) is 0 Å². The smallest absolute Gasteiger partial charge is 0.0437 e. The van der Waals surface area contributed by atoms with Crippen LogP contribution < -0.4 is 0 Å². The Hall–Kier alpha value is -0.490. The van der Waals surface area contributed by atoms with E-state index in [4.69, 9.17) is 11.6 Å². The molecule has 0 fully saturated rings. The maximum Gasteiger partial charge on any atom is 0.0437 e. The van der Waals surface area contributed by atoms with Gasteiger partial charge in [0.25, 0.3) is 0 Å². The van der Waals surface area contributed by atoms with Gasteiger partial charge in [0.1, 0.15) is 0 Å². The number of rotatable bonds is 2. The Kier molecular flexibility index (Phi) is 2.76. The molecule has 0 nitrogen and oxygen atoms in total. The summed E-state index contributed by atoms with van der Waals surface area (Å²) < 4.78 is 0. The average Bonchev–Trinajstić information content (AvgIpc) is 1.94. The lowest BCUT2D eigenvalue weighted by Crippen LogP contribution is -1.82. The summed E-state index contributed by atoms with van der Waals surface area (Å²) in [6.07, 6.45) is 2.24. The second-order valence-corrected chi connectivity index (χ2v) is 2.75. The van der Waals surface area contributed by atoms with Gasteiger partial charge >= 0.3 is 0 Å². The third-order valence-corrected chi connectivity index (χ3v) is 1.85. The first-order valence-corrected chi connectivity index (χ1v) is 3.95. The first kappa shape index (κ1) is 7.62. The highest BCUT2D eigenvalue weighted by Gasteiger charge is 1.94. The van der Waals surface area contributed by atoms with Crippen molar-refractivity contribution in [3.63, 3.8) is 0 Å². The number of aryl methyl sites for hydroxylation is 1. The zero-order chi connectivity index (χ0) is 7.40. The van der Waals surface area contributed by atoms with Gasteiger partial charge in [-0.25, -0.2) is 0 Å². The molecule has 0 aromatic heterocycles. The Morgan fingerprint density at radius 3 is 2.60 bits per heavy atom. The highest BCUT2D eigenvalue weighted by Crippen LogP contribution is 2.15. The lowest BCUT2D eigenvalue weighted by Gasteiger charge is -1.99. The maximum absolute atomic E-state index is 5.90. The SMILES string of the molecule is CCCc1ccccc1Cl. The second kappa shape index (κ2) is 3.62. The van der Waals surface area contributed by atoms with Gasteiger partial charge in [0.2, 0.25) is 0 Å². The summed E-state index contributed by atoms with van der Waals surface area (Å²) in [6, 6.07) is 8.00. The van der Waals surface area contributed by atoms with E-state index in [9.17, 15) is 0 Å². The van der Waals surface area contributed by atoms with Crippen molar-refractivity contribution in [2.45, 2.75) is 19.8 Å². The summed E-state index contributed by atoms with van der Waals surface area (Å²) in [5.41, 5.74) is 1.26. The predicted octanol–water partition coefficient (Wildman–Crippen LogP) is 3.29. The number of hydrogen-bond donors (Lipinski definition) is 0. The fourth-order valence-electron chi connectivity index (χ4n) is 0.970. The summed E-state index contributed by atoms with van der Waals surface area (Å²) in [4.78, 5) is 0. The zero-order valence-corrected chi connectivity index (χ0v) is 6.86. The van der Waals surface area contributed by atoms with Crippen LogP contribution in [0.5, 0.6) is 0 Å². The molecule has 10 heavy (non-hydrogen) atoms. The Morgan fingerprint density at radius 1 is 1.30 bits per heavy atom. The third kappa shape index (κ3) is 1.74. The van der Waals surface area contributed by atoms with E-state index >= 15 is 0 Å². The fraction of sp³-hybridized carbons (Fsp3) is 0.333. The molecular formula is C9H11Cl. The second-order valence-electron chi connectivity index (χ2n) is 2.34. The largest absolute Gasteiger partial charge is 0.0840 e. The van der Waals surface area contributed by atoms with E-state index < -0.39 is 0 Å². The molecule has 0 N–H and O–H groups in total. The number of hydrogen-bond acceptors (Lipinski definition) is 0. The van der Waals surface area contributed by atoms with Gasteiger partial charge in [-0.3, -0.25) is 0 Å². The summed E-state index contributed by atoms with van der Waals surface area (Å²) in [5, 5.41) is 0.893. The molecule has 0 bridgehead atoms. The highest BCUT2D eigenvalue weighted by atomic mass is 35.5. The van der Waals surface area contributed by atoms with Crippen LogP contribution in [0.3, 0.4) is 0 Å². The quantitative estimate of drug-likeness (QED) is 0.613. The van der Waals surface area contributed by atoms with E-state index in [1.165, 1.54) is 5.56 Å². The van der Waals surface area contributed by atoms with E-state index in [1.807, 2.05) is 18.2 Å². The molecule has 0 spiro atoms. The molecule has 1 heteroatoms. The van der Waals surface area contributed by atoms with Crippen molar-refractivity contribution >= 4 is 11.6 Å². The first-order valence-electron chi connectivity index (χ1n) is 3.58. The van der Waals surface area contributed by atoms with Crippen LogP contribution in [0.15, 0.2) is 24.3 Å². The molecule has 0 saturated carbocycles. The van der Waals surface area contributed by atoms with Crippen molar-refractivity contribution in [1.29, 1.82) is 0 Å². The van der Waals surface area contributed by atoms with Crippen LogP contribution in [0.1, 0.15) is 18.9 Å². The lowest BCUT2D eigenvalue weighted by molar-refractivity contribution is 0.922. The molecule has 0 heterocycles. The van der Waals surface area contributed by atoms with Crippen molar-refractivity contribution < 1.29 is 0 Å². The van der Waals surface area contributed by atoms with E-state index in [1.54, 1.807) is 0 Å². The van der Waals surface area contributed by atoms with Crippen LogP contribution in [0.25, 0.3) is 0 Å². The molecule has 0 aliphatic heterocycles. The standard InChI is InChI=1S/C9H11Cl/c1-2-5-8-6-3-4-7-9(8)10/h3-4,6-7H,2,5H2,1H3. The van der Waals surface area contributed by atoms with Gasteiger partial charge < -0.3 is 0 Å². The zero-order valence-electron chi connectivity index (χ0n) is 6.10. The van der Waals surface area contributed by atoms with Crippen LogP contribution in [0, 0.1) is 0 Å². The Labute approximate surface area is 66.8 Å². The number of halogens is 1. The summed E-state index contributed by atoms with van der Waals surface area (Å²) in [7, 11) is 0. The molecule has 0 atom stereocenters. The van der Waals surface area contributed by atoms with Gasteiger partial charge in [-0.05, 0) is 18.1 Å². The topological polar surface area (TPSA) is 0 Å². The summed E-state index contributed by atoms with van der Waals surface area (Å²) in [5.74, 6) is 0. The molecular weight excluding hydrogens is 144 g/mol. The minimum atomic E-state index is 0.893. The van der Waals surface area contributed by atoms with Gasteiger partial charge in [0, 0.05) is 5.02 Å². The van der Waals surface area contributed by atoms with E-state index in [-0.39, 0.29) is 0 Å². The van der Waals surface area contributed by atoms with Crippen molar-refractivity contribution in [2.75, 3.05) is 0 Å². The first-order chi connectivity index (χ1) is 4.84. The van der Waals surface area contributed by atoms with Crippen LogP contribution in [-0.2, 0) is 6.42 Å². The Balaban J connectivity index is 2.81. The van der Waals surface area contributed by atoms with E-state index in [0.29, 0.717) is 0 Å². The van der Waals surface area contributed by atoms with Crippen molar-refractivity contribution in [2.24, 2.45) is 0 Å². The average molecular weight is 155 g/mol. The van der Waals surface area contributed by atoms with Crippen molar-refractivity contribution in [3.05, 3.63) is 34.9 Å². The van der Waals surface area contributed by atoms with Crippen LogP contribution in [0.2, 0.25) is 5.02 Å². The van der Waals surface area contributed by atoms with Gasteiger partial charge in [0.05, 0.1) is 0 Å². The molecule has 1 rings (SSSR count). The highest BCUT2D eigenvalue weighted by molar-refractivity contribution is 6.31. The molecule has 0 amide bonds. The van der Waals surface area contributed by atoms with Gasteiger partial charge in [0.15, 0.2) is 0 Å². The molecule has 1 aromatic rings. The Bertz CT molecular complexity index is 206. The molecule has 0 unspecified atom stereocenters. The van der Waals surface area contributed by atoms with Crippen molar-refractivity contribution in [1.82, 2.24) is 0 Å². The van der Waals surface area contributed by atoms with E-state index in [0.717, 1.165) is 17.9 Å². The minimum absolute atomic E-state index is 0.893. The van der Waals surface area contributed by atoms with Gasteiger partial charge in [-0.2, -0.15) is 0 Å². The van der Waals surface area contributed by atoms with Crippen LogP contribution in [-0.4, -0.2) is 0 Å². The summed E-state index contributed by atoms with van der Waals surface area (Å²) in [6.45, 7) is 2.16.